The third-order valence-corrected chi connectivity index (χ3v) is 10.4. The minimum absolute atomic E-state index is 0.0339. The molecule has 0 aromatic rings. The molecule has 0 heterocycles. The zero-order valence-electron chi connectivity index (χ0n) is 36.6. The normalized spacial score (nSPS) is 12.9. The van der Waals surface area contributed by atoms with E-state index >= 15 is 0 Å². The Morgan fingerprint density at radius 2 is 1.02 bits per heavy atom. The average molecular weight is 755 g/mol. The summed E-state index contributed by atoms with van der Waals surface area (Å²) in [6.07, 6.45) is 50.0. The molecule has 0 saturated carbocycles. The van der Waals surface area contributed by atoms with Crippen molar-refractivity contribution in [3.05, 3.63) is 61.3 Å². The van der Waals surface area contributed by atoms with Crippen LogP contribution in [0.15, 0.2) is 61.3 Å². The molecule has 0 rings (SSSR count). The average Bonchev–Trinajstić information content (AvgIpc) is 3.16. The van der Waals surface area contributed by atoms with E-state index in [0.717, 1.165) is 84.1 Å². The Balaban J connectivity index is 4.45. The van der Waals surface area contributed by atoms with Crippen LogP contribution in [0.1, 0.15) is 195 Å². The van der Waals surface area contributed by atoms with Gasteiger partial charge in [0.15, 0.2) is 0 Å². The first-order valence-corrected chi connectivity index (χ1v) is 23.0. The number of hydrogen-bond donors (Lipinski definition) is 0. The van der Waals surface area contributed by atoms with Crippen LogP contribution < -0.4 is 0 Å². The molecule has 0 aromatic heterocycles. The van der Waals surface area contributed by atoms with Gasteiger partial charge >= 0.3 is 6.16 Å². The summed E-state index contributed by atoms with van der Waals surface area (Å²) < 4.78 is 11.6. The Morgan fingerprint density at radius 3 is 1.48 bits per heavy atom. The lowest BCUT2D eigenvalue weighted by molar-refractivity contribution is 0.00998. The highest BCUT2D eigenvalue weighted by atomic mass is 16.7. The highest BCUT2D eigenvalue weighted by molar-refractivity contribution is 5.60. The van der Waals surface area contributed by atoms with Gasteiger partial charge in [-0.15, -0.1) is 6.58 Å². The second kappa shape index (κ2) is 42.0. The lowest BCUT2D eigenvalue weighted by Crippen LogP contribution is -2.40. The second-order valence-corrected chi connectivity index (χ2v) is 15.5. The third kappa shape index (κ3) is 36.8. The van der Waals surface area contributed by atoms with Gasteiger partial charge in [0.25, 0.3) is 0 Å². The van der Waals surface area contributed by atoms with Gasteiger partial charge in [-0.3, -0.25) is 4.90 Å². The van der Waals surface area contributed by atoms with E-state index < -0.39 is 6.16 Å². The monoisotopic (exact) mass is 755 g/mol. The number of carbonyl (C=O) groups is 1. The standard InChI is InChI=1S/C49H90N2O3/c1-7-11-13-15-17-19-21-23-25-27-29-31-33-35-37-39-41-48(54-49(52)53-46-45-51(47(5)6)44-43-50(9-3)10-4)42-40-38-36-34-32-30-28-26-24-22-20-18-16-14-12-8-2/h7,17-20,23-26,47-48H,1,8-16,21-22,27-46H2,2-6H3/b19-17-,20-18-,25-23-,26-24-. The molecule has 0 saturated heterocycles. The molecule has 0 amide bonds. The van der Waals surface area contributed by atoms with Crippen molar-refractivity contribution >= 4 is 6.16 Å². The number of allylic oxidation sites excluding steroid dienone is 9. The van der Waals surface area contributed by atoms with Gasteiger partial charge in [-0.1, -0.05) is 140 Å². The van der Waals surface area contributed by atoms with Crippen LogP contribution >= 0.6 is 0 Å². The Kier molecular flexibility index (Phi) is 40.4. The quantitative estimate of drug-likeness (QED) is 0.0354. The molecule has 314 valence electrons. The third-order valence-electron chi connectivity index (χ3n) is 10.4. The predicted octanol–water partition coefficient (Wildman–Crippen LogP) is 14.7. The van der Waals surface area contributed by atoms with E-state index in [1.54, 1.807) is 0 Å². The van der Waals surface area contributed by atoms with Crippen molar-refractivity contribution in [2.45, 2.75) is 207 Å². The topological polar surface area (TPSA) is 42.0 Å². The van der Waals surface area contributed by atoms with Crippen LogP contribution in [-0.4, -0.2) is 67.4 Å². The molecule has 0 aromatic carbocycles. The van der Waals surface area contributed by atoms with Crippen molar-refractivity contribution in [1.29, 1.82) is 0 Å². The van der Waals surface area contributed by atoms with E-state index in [0.29, 0.717) is 12.6 Å². The summed E-state index contributed by atoms with van der Waals surface area (Å²) in [6, 6.07) is 0.415. The van der Waals surface area contributed by atoms with Crippen molar-refractivity contribution in [2.75, 3.05) is 39.3 Å². The fourth-order valence-corrected chi connectivity index (χ4v) is 6.70. The number of carbonyl (C=O) groups excluding carboxylic acids is 1. The molecule has 1 atom stereocenters. The van der Waals surface area contributed by atoms with E-state index in [4.69, 9.17) is 9.47 Å². The van der Waals surface area contributed by atoms with Gasteiger partial charge in [0.05, 0.1) is 0 Å². The molecule has 0 fully saturated rings. The van der Waals surface area contributed by atoms with Crippen molar-refractivity contribution in [2.24, 2.45) is 0 Å². The molecule has 0 spiro atoms. The lowest BCUT2D eigenvalue weighted by Gasteiger charge is -2.29. The molecular formula is C49H90N2O3. The van der Waals surface area contributed by atoms with Crippen LogP contribution in [0.3, 0.4) is 0 Å². The van der Waals surface area contributed by atoms with Crippen molar-refractivity contribution in [1.82, 2.24) is 9.80 Å². The molecule has 0 aliphatic rings. The van der Waals surface area contributed by atoms with Crippen molar-refractivity contribution in [3.63, 3.8) is 0 Å². The molecule has 1 unspecified atom stereocenters. The van der Waals surface area contributed by atoms with E-state index in [9.17, 15) is 4.79 Å². The minimum Gasteiger partial charge on any atom is -0.433 e. The van der Waals surface area contributed by atoms with Crippen LogP contribution in [-0.2, 0) is 9.47 Å². The molecule has 5 heteroatoms. The fraction of sp³-hybridized carbons (Fsp3) is 0.776. The highest BCUT2D eigenvalue weighted by Gasteiger charge is 2.17. The SMILES string of the molecule is C=CCCC/C=C\C/C=C\CCCCCCCCC(CCCCCCCC/C=C\C/C=C\CCCCC)OC(=O)OCCN(CCN(CC)CC)C(C)C. The Morgan fingerprint density at radius 1 is 0.556 bits per heavy atom. The van der Waals surface area contributed by atoms with Gasteiger partial charge in [0, 0.05) is 25.7 Å². The van der Waals surface area contributed by atoms with E-state index in [1.807, 2.05) is 6.08 Å². The minimum atomic E-state index is -0.483. The number of nitrogens with zero attached hydrogens (tertiary/aromatic N) is 2. The highest BCUT2D eigenvalue weighted by Crippen LogP contribution is 2.18. The number of hydrogen-bond acceptors (Lipinski definition) is 5. The zero-order valence-corrected chi connectivity index (χ0v) is 36.6. The number of rotatable bonds is 40. The van der Waals surface area contributed by atoms with Gasteiger partial charge in [0.2, 0.25) is 0 Å². The van der Waals surface area contributed by atoms with Crippen LogP contribution in [0.4, 0.5) is 4.79 Å². The summed E-state index contributed by atoms with van der Waals surface area (Å²) in [4.78, 5) is 17.7. The summed E-state index contributed by atoms with van der Waals surface area (Å²) in [5.74, 6) is 0. The van der Waals surface area contributed by atoms with Crippen LogP contribution in [0.5, 0.6) is 0 Å². The maximum Gasteiger partial charge on any atom is 0.508 e. The van der Waals surface area contributed by atoms with Gasteiger partial charge < -0.3 is 14.4 Å². The summed E-state index contributed by atoms with van der Waals surface area (Å²) in [5, 5.41) is 0. The van der Waals surface area contributed by atoms with Crippen LogP contribution in [0.2, 0.25) is 0 Å². The summed E-state index contributed by atoms with van der Waals surface area (Å²) in [7, 11) is 0. The van der Waals surface area contributed by atoms with Crippen LogP contribution in [0.25, 0.3) is 0 Å². The van der Waals surface area contributed by atoms with Gasteiger partial charge in [-0.05, 0) is 123 Å². The molecule has 0 aliphatic heterocycles. The molecule has 5 nitrogen and oxygen atoms in total. The Labute approximate surface area is 337 Å². The summed E-state index contributed by atoms with van der Waals surface area (Å²) >= 11 is 0. The summed E-state index contributed by atoms with van der Waals surface area (Å²) in [5.41, 5.74) is 0. The first-order valence-electron chi connectivity index (χ1n) is 23.0. The van der Waals surface area contributed by atoms with E-state index in [2.05, 4.69) is 99.6 Å². The first-order chi connectivity index (χ1) is 26.5. The maximum atomic E-state index is 12.8. The predicted molar refractivity (Wildman–Crippen MR) is 239 cm³/mol. The molecule has 0 radical (unpaired) electrons. The maximum absolute atomic E-state index is 12.8. The van der Waals surface area contributed by atoms with Gasteiger partial charge in [-0.25, -0.2) is 4.79 Å². The second-order valence-electron chi connectivity index (χ2n) is 15.5. The Hall–Kier alpha value is -2.11. The molecular weight excluding hydrogens is 665 g/mol. The van der Waals surface area contributed by atoms with Crippen molar-refractivity contribution in [3.8, 4) is 0 Å². The Bertz CT molecular complexity index is 920. The molecule has 0 aliphatic carbocycles. The van der Waals surface area contributed by atoms with E-state index in [-0.39, 0.29) is 6.10 Å². The summed E-state index contributed by atoms with van der Waals surface area (Å²) in [6.45, 7) is 20.2. The number of unbranched alkanes of at least 4 members (excludes halogenated alkanes) is 17. The van der Waals surface area contributed by atoms with E-state index in [1.165, 1.54) is 109 Å². The first kappa shape index (κ1) is 51.9. The number of ether oxygens (including phenoxy) is 2. The molecule has 0 N–H and O–H groups in total. The van der Waals surface area contributed by atoms with Crippen LogP contribution in [0, 0.1) is 0 Å². The molecule has 0 bridgehead atoms. The van der Waals surface area contributed by atoms with Gasteiger partial charge in [0.1, 0.15) is 12.7 Å². The smallest absolute Gasteiger partial charge is 0.433 e. The zero-order chi connectivity index (χ0) is 39.6. The molecule has 54 heavy (non-hydrogen) atoms. The van der Waals surface area contributed by atoms with Gasteiger partial charge in [-0.2, -0.15) is 0 Å². The van der Waals surface area contributed by atoms with Crippen molar-refractivity contribution < 1.29 is 14.3 Å². The number of likely N-dealkylation sites (N-methyl/N-ethyl adjacent to an activating group) is 1. The fourth-order valence-electron chi connectivity index (χ4n) is 6.70. The largest absolute Gasteiger partial charge is 0.508 e. The lowest BCUT2D eigenvalue weighted by atomic mass is 10.0.